The van der Waals surface area contributed by atoms with Crippen molar-refractivity contribution >= 4 is 47.5 Å². The normalized spacial score (nSPS) is 18.8. The lowest BCUT2D eigenvalue weighted by atomic mass is 9.88. The maximum Gasteiger partial charge on any atom is 0.363 e. The third kappa shape index (κ3) is 7.08. The molecule has 3 rings (SSSR count). The van der Waals surface area contributed by atoms with Crippen LogP contribution < -0.4 is 16.5 Å². The van der Waals surface area contributed by atoms with E-state index in [1.807, 2.05) is 0 Å². The highest BCUT2D eigenvalue weighted by Crippen LogP contribution is 2.43. The van der Waals surface area contributed by atoms with Crippen LogP contribution in [0.1, 0.15) is 72.9 Å². The van der Waals surface area contributed by atoms with Crippen LogP contribution >= 0.6 is 0 Å². The number of ketones is 1. The highest BCUT2D eigenvalue weighted by Gasteiger charge is 2.69. The van der Waals surface area contributed by atoms with E-state index in [2.05, 4.69) is 5.10 Å². The SMILES string of the molecule is CC(=O)[C@@](C(=O)OC(C)(C)C)(N1C(=O)N(C)[C@](C)(c2ccc(C=NN)cc2)C1=O)N(C(=O)[C@@H](N)CC(=O)OC(C)(C)C)c1ccccc1. The number of hydrogen-bond donors (Lipinski definition) is 2. The van der Waals surface area contributed by atoms with Crippen molar-refractivity contribution in [2.24, 2.45) is 16.7 Å². The van der Waals surface area contributed by atoms with Crippen LogP contribution in [0.3, 0.4) is 0 Å². The second-order valence-electron chi connectivity index (χ2n) is 13.6. The number of nitrogens with zero attached hydrogens (tertiary/aromatic N) is 4. The number of nitrogens with two attached hydrogens (primary N) is 2. The van der Waals surface area contributed by atoms with Gasteiger partial charge in [0.1, 0.15) is 16.7 Å². The first-order chi connectivity index (χ1) is 22.1. The molecule has 1 fully saturated rings. The topological polar surface area (TPSA) is 195 Å². The quantitative estimate of drug-likeness (QED) is 0.0952. The van der Waals surface area contributed by atoms with Gasteiger partial charge in [-0.15, -0.1) is 0 Å². The molecule has 1 heterocycles. The number of hydrogen-bond acceptors (Lipinski definition) is 11. The standard InChI is InChI=1S/C34H44N6O8/c1-21(41)34(29(45)48-32(5,6)7,39(24-13-11-10-12-14-24)27(43)25(35)19-26(42)47-31(2,3)4)40-28(44)33(8,38(9)30(40)46)23-17-15-22(16-18-23)20-37-36/h10-18,20,25H,19,35-36H2,1-9H3/t25-,33+,34-/m0/s1. The Hall–Kier alpha value is -5.11. The zero-order chi connectivity index (χ0) is 36.4. The van der Waals surface area contributed by atoms with E-state index < -0.39 is 70.4 Å². The summed E-state index contributed by atoms with van der Waals surface area (Å²) in [5.74, 6) is -0.197. The van der Waals surface area contributed by atoms with Crippen molar-refractivity contribution in [1.29, 1.82) is 0 Å². The lowest BCUT2D eigenvalue weighted by molar-refractivity contribution is -0.174. The van der Waals surface area contributed by atoms with E-state index in [1.165, 1.54) is 65.2 Å². The zero-order valence-corrected chi connectivity index (χ0v) is 28.8. The molecule has 14 nitrogen and oxygen atoms in total. The number of anilines is 1. The minimum atomic E-state index is -3.05. The Balaban J connectivity index is 2.36. The molecule has 3 atom stereocenters. The Morgan fingerprint density at radius 1 is 0.938 bits per heavy atom. The summed E-state index contributed by atoms with van der Waals surface area (Å²) in [6, 6.07) is 11.1. The van der Waals surface area contributed by atoms with Crippen LogP contribution in [0, 0.1) is 0 Å². The summed E-state index contributed by atoms with van der Waals surface area (Å²) in [4.78, 5) is 87.3. The predicted octanol–water partition coefficient (Wildman–Crippen LogP) is 2.81. The lowest BCUT2D eigenvalue weighted by Crippen LogP contribution is -2.75. The Morgan fingerprint density at radius 3 is 1.96 bits per heavy atom. The first-order valence-corrected chi connectivity index (χ1v) is 15.2. The minimum Gasteiger partial charge on any atom is -0.460 e. The molecule has 2 aromatic carbocycles. The molecule has 0 bridgehead atoms. The van der Waals surface area contributed by atoms with Crippen LogP contribution in [0.15, 0.2) is 59.7 Å². The van der Waals surface area contributed by atoms with Gasteiger partial charge in [-0.05, 0) is 78.6 Å². The number of hydrazone groups is 1. The number of urea groups is 1. The van der Waals surface area contributed by atoms with E-state index in [1.54, 1.807) is 51.1 Å². The van der Waals surface area contributed by atoms with Crippen molar-refractivity contribution in [1.82, 2.24) is 9.80 Å². The van der Waals surface area contributed by atoms with Crippen LogP contribution in [0.2, 0.25) is 0 Å². The predicted molar refractivity (Wildman–Crippen MR) is 177 cm³/mol. The first kappa shape index (κ1) is 37.3. The van der Waals surface area contributed by atoms with Gasteiger partial charge in [-0.3, -0.25) is 24.1 Å². The average Bonchev–Trinajstić information content (AvgIpc) is 3.14. The zero-order valence-electron chi connectivity index (χ0n) is 28.8. The molecule has 258 valence electrons. The number of rotatable bonds is 10. The Morgan fingerprint density at radius 2 is 1.48 bits per heavy atom. The summed E-state index contributed by atoms with van der Waals surface area (Å²) < 4.78 is 11.1. The molecule has 14 heteroatoms. The number of ether oxygens (including phenoxy) is 2. The molecule has 4 N–H and O–H groups in total. The summed E-state index contributed by atoms with van der Waals surface area (Å²) in [5, 5.41) is 3.49. The van der Waals surface area contributed by atoms with Crippen LogP contribution in [-0.4, -0.2) is 81.5 Å². The number of carbonyl (C=O) groups excluding carboxylic acids is 6. The molecular weight excluding hydrogens is 620 g/mol. The Labute approximate surface area is 280 Å². The van der Waals surface area contributed by atoms with E-state index in [0.717, 1.165) is 11.8 Å². The van der Waals surface area contributed by atoms with Gasteiger partial charge < -0.3 is 25.9 Å². The summed E-state index contributed by atoms with van der Waals surface area (Å²) >= 11 is 0. The van der Waals surface area contributed by atoms with Crippen LogP contribution in [-0.2, 0) is 39.0 Å². The number of Topliss-reactive ketones (excluding diaryl/α,β-unsaturated/α-hetero) is 1. The highest BCUT2D eigenvalue weighted by atomic mass is 16.6. The monoisotopic (exact) mass is 664 g/mol. The number of para-hydroxylation sites is 1. The van der Waals surface area contributed by atoms with Crippen molar-refractivity contribution in [3.8, 4) is 0 Å². The van der Waals surface area contributed by atoms with Gasteiger partial charge in [0.2, 0.25) is 5.91 Å². The Bertz CT molecular complexity index is 1610. The third-order valence-corrected chi connectivity index (χ3v) is 7.65. The van der Waals surface area contributed by atoms with Crippen LogP contribution in [0.25, 0.3) is 0 Å². The van der Waals surface area contributed by atoms with Crippen LogP contribution in [0.5, 0.6) is 0 Å². The van der Waals surface area contributed by atoms with Crippen molar-refractivity contribution in [3.63, 3.8) is 0 Å². The molecule has 1 saturated heterocycles. The molecule has 0 aromatic heterocycles. The van der Waals surface area contributed by atoms with Gasteiger partial charge in [0.25, 0.3) is 11.6 Å². The van der Waals surface area contributed by atoms with Crippen molar-refractivity contribution < 1.29 is 38.2 Å². The molecule has 0 unspecified atom stereocenters. The van der Waals surface area contributed by atoms with E-state index in [0.29, 0.717) is 20.9 Å². The van der Waals surface area contributed by atoms with E-state index in [4.69, 9.17) is 21.1 Å². The van der Waals surface area contributed by atoms with Gasteiger partial charge >= 0.3 is 18.0 Å². The minimum absolute atomic E-state index is 0.0783. The fraction of sp³-hybridized carbons (Fsp3) is 0.441. The lowest BCUT2D eigenvalue weighted by Gasteiger charge is -2.45. The van der Waals surface area contributed by atoms with Gasteiger partial charge in [-0.2, -0.15) is 5.10 Å². The molecule has 0 aliphatic carbocycles. The van der Waals surface area contributed by atoms with Crippen LogP contribution in [0.4, 0.5) is 10.5 Å². The molecule has 48 heavy (non-hydrogen) atoms. The van der Waals surface area contributed by atoms with Crippen molar-refractivity contribution in [2.45, 2.75) is 90.3 Å². The number of benzene rings is 2. The third-order valence-electron chi connectivity index (χ3n) is 7.65. The van der Waals surface area contributed by atoms with E-state index in [9.17, 15) is 28.8 Å². The summed E-state index contributed by atoms with van der Waals surface area (Å²) in [7, 11) is 1.33. The van der Waals surface area contributed by atoms with Gasteiger partial charge in [0.15, 0.2) is 5.78 Å². The molecule has 2 aromatic rings. The number of carbonyl (C=O) groups is 6. The Kier molecular flexibility index (Phi) is 10.5. The smallest absolute Gasteiger partial charge is 0.363 e. The molecule has 1 aliphatic rings. The van der Waals surface area contributed by atoms with Gasteiger partial charge in [-0.25, -0.2) is 14.5 Å². The number of esters is 2. The second-order valence-corrected chi connectivity index (χ2v) is 13.6. The highest BCUT2D eigenvalue weighted by molar-refractivity contribution is 6.24. The molecule has 4 amide bonds. The first-order valence-electron chi connectivity index (χ1n) is 15.2. The average molecular weight is 665 g/mol. The van der Waals surface area contributed by atoms with Crippen molar-refractivity contribution in [3.05, 3.63) is 65.7 Å². The van der Waals surface area contributed by atoms with Gasteiger partial charge in [-0.1, -0.05) is 42.5 Å². The largest absolute Gasteiger partial charge is 0.460 e. The maximum atomic E-state index is 14.8. The molecular formula is C34H44N6O8. The fourth-order valence-corrected chi connectivity index (χ4v) is 5.33. The van der Waals surface area contributed by atoms with E-state index in [-0.39, 0.29) is 5.69 Å². The summed E-state index contributed by atoms with van der Waals surface area (Å²) in [6.45, 7) is 11.9. The summed E-state index contributed by atoms with van der Waals surface area (Å²) in [5.41, 5.74) is 0.157. The fourth-order valence-electron chi connectivity index (χ4n) is 5.33. The molecule has 0 saturated carbocycles. The van der Waals surface area contributed by atoms with E-state index >= 15 is 0 Å². The second kappa shape index (κ2) is 13.6. The molecule has 0 spiro atoms. The van der Waals surface area contributed by atoms with Gasteiger partial charge in [0, 0.05) is 12.7 Å². The number of amides is 4. The maximum absolute atomic E-state index is 14.8. The number of imide groups is 1. The van der Waals surface area contributed by atoms with Crippen molar-refractivity contribution in [2.75, 3.05) is 11.9 Å². The van der Waals surface area contributed by atoms with Gasteiger partial charge in [0.05, 0.1) is 18.7 Å². The molecule has 1 aliphatic heterocycles. The number of likely N-dealkylation sites (N-methyl/N-ethyl adjacent to an activating group) is 1. The summed E-state index contributed by atoms with van der Waals surface area (Å²) in [6.07, 6.45) is 0.733. The molecule has 0 radical (unpaired) electrons.